The van der Waals surface area contributed by atoms with E-state index in [1.54, 1.807) is 24.3 Å². The summed E-state index contributed by atoms with van der Waals surface area (Å²) in [5, 5.41) is 8.77. The molecule has 2 aromatic rings. The summed E-state index contributed by atoms with van der Waals surface area (Å²) in [5.41, 5.74) is 7.08. The Balaban J connectivity index is 1.94. The second-order valence-electron chi connectivity index (χ2n) is 5.24. The van der Waals surface area contributed by atoms with E-state index in [4.69, 9.17) is 15.6 Å². The minimum Gasteiger partial charge on any atom is -0.480 e. The Morgan fingerprint density at radius 2 is 1.58 bits per heavy atom. The smallest absolute Gasteiger partial charge is 0.380 e. The number of Topliss-reactive ketones (excluding diaryl/α,β-unsaturated/α-hetero) is 1. The maximum atomic E-state index is 12.0. The van der Waals surface area contributed by atoms with Crippen LogP contribution in [0.15, 0.2) is 54.6 Å². The van der Waals surface area contributed by atoms with Crippen LogP contribution in [0.3, 0.4) is 0 Å². The number of carbonyl (C=O) groups is 3. The SMILES string of the molecule is N[C@@H](Cc1ccc(C(=O)C(=O)OCc2ccccc2)cc1)C(=O)O. The maximum absolute atomic E-state index is 12.0. The van der Waals surface area contributed by atoms with Crippen LogP contribution < -0.4 is 5.73 Å². The van der Waals surface area contributed by atoms with Crippen molar-refractivity contribution in [2.24, 2.45) is 5.73 Å². The number of esters is 1. The van der Waals surface area contributed by atoms with E-state index < -0.39 is 23.8 Å². The standard InChI is InChI=1S/C18H17NO5/c19-15(17(21)22)10-12-6-8-14(9-7-12)16(20)18(23)24-11-13-4-2-1-3-5-13/h1-9,15H,10-11,19H2,(H,21,22)/t15-/m0/s1. The zero-order chi connectivity index (χ0) is 17.5. The van der Waals surface area contributed by atoms with Crippen molar-refractivity contribution in [3.05, 3.63) is 71.3 Å². The quantitative estimate of drug-likeness (QED) is 0.454. The van der Waals surface area contributed by atoms with Gasteiger partial charge in [0.2, 0.25) is 0 Å². The van der Waals surface area contributed by atoms with Crippen molar-refractivity contribution in [3.63, 3.8) is 0 Å². The van der Waals surface area contributed by atoms with Gasteiger partial charge in [-0.15, -0.1) is 0 Å². The zero-order valence-corrected chi connectivity index (χ0v) is 12.8. The first kappa shape index (κ1) is 17.4. The zero-order valence-electron chi connectivity index (χ0n) is 12.8. The maximum Gasteiger partial charge on any atom is 0.380 e. The lowest BCUT2D eigenvalue weighted by atomic mass is 10.0. The van der Waals surface area contributed by atoms with E-state index in [0.717, 1.165) is 5.56 Å². The number of rotatable bonds is 7. The number of aliphatic carboxylic acids is 1. The van der Waals surface area contributed by atoms with Gasteiger partial charge < -0.3 is 15.6 Å². The summed E-state index contributed by atoms with van der Waals surface area (Å²) in [6, 6.07) is 14.1. The van der Waals surface area contributed by atoms with Crippen molar-refractivity contribution >= 4 is 17.7 Å². The van der Waals surface area contributed by atoms with E-state index in [1.165, 1.54) is 12.1 Å². The molecular weight excluding hydrogens is 310 g/mol. The molecule has 0 radical (unpaired) electrons. The predicted octanol–water partition coefficient (Wildman–Crippen LogP) is 1.57. The summed E-state index contributed by atoms with van der Waals surface area (Å²) < 4.78 is 4.98. The first-order valence-corrected chi connectivity index (χ1v) is 7.30. The molecule has 2 rings (SSSR count). The van der Waals surface area contributed by atoms with Gasteiger partial charge in [-0.25, -0.2) is 4.79 Å². The van der Waals surface area contributed by atoms with Crippen LogP contribution in [-0.4, -0.2) is 28.9 Å². The van der Waals surface area contributed by atoms with E-state index in [0.29, 0.717) is 5.56 Å². The third-order valence-corrected chi connectivity index (χ3v) is 3.39. The Bertz CT molecular complexity index is 725. The van der Waals surface area contributed by atoms with Crippen LogP contribution in [0.4, 0.5) is 0 Å². The van der Waals surface area contributed by atoms with Crippen LogP contribution in [0.1, 0.15) is 21.5 Å². The summed E-state index contributed by atoms with van der Waals surface area (Å²) in [5.74, 6) is -2.78. The number of ether oxygens (including phenoxy) is 1. The van der Waals surface area contributed by atoms with Crippen LogP contribution in [0, 0.1) is 0 Å². The number of ketones is 1. The Morgan fingerprint density at radius 1 is 0.958 bits per heavy atom. The molecule has 1 atom stereocenters. The van der Waals surface area contributed by atoms with E-state index in [-0.39, 0.29) is 18.6 Å². The fourth-order valence-electron chi connectivity index (χ4n) is 2.04. The Morgan fingerprint density at radius 3 is 2.17 bits per heavy atom. The average Bonchev–Trinajstić information content (AvgIpc) is 2.60. The Hall–Kier alpha value is -2.99. The molecule has 0 aliphatic carbocycles. The molecule has 0 aromatic heterocycles. The van der Waals surface area contributed by atoms with Gasteiger partial charge in [0, 0.05) is 5.56 Å². The normalized spacial score (nSPS) is 11.5. The lowest BCUT2D eigenvalue weighted by molar-refractivity contribution is -0.139. The highest BCUT2D eigenvalue weighted by Gasteiger charge is 2.18. The van der Waals surface area contributed by atoms with Gasteiger partial charge in [0.1, 0.15) is 12.6 Å². The monoisotopic (exact) mass is 327 g/mol. The van der Waals surface area contributed by atoms with Crippen LogP contribution in [0.25, 0.3) is 0 Å². The summed E-state index contributed by atoms with van der Waals surface area (Å²) in [4.78, 5) is 34.5. The fourth-order valence-corrected chi connectivity index (χ4v) is 2.04. The summed E-state index contributed by atoms with van der Waals surface area (Å²) in [6.45, 7) is 0.0248. The number of benzene rings is 2. The third-order valence-electron chi connectivity index (χ3n) is 3.39. The highest BCUT2D eigenvalue weighted by Crippen LogP contribution is 2.09. The molecule has 6 nitrogen and oxygen atoms in total. The van der Waals surface area contributed by atoms with Gasteiger partial charge in [-0.2, -0.15) is 0 Å². The van der Waals surface area contributed by atoms with Gasteiger partial charge in [-0.1, -0.05) is 54.6 Å². The van der Waals surface area contributed by atoms with Crippen LogP contribution in [0.5, 0.6) is 0 Å². The molecule has 0 heterocycles. The number of nitrogens with two attached hydrogens (primary N) is 1. The summed E-state index contributed by atoms with van der Waals surface area (Å²) in [7, 11) is 0. The largest absolute Gasteiger partial charge is 0.480 e. The van der Waals surface area contributed by atoms with E-state index in [1.807, 2.05) is 18.2 Å². The molecule has 0 amide bonds. The van der Waals surface area contributed by atoms with Crippen molar-refractivity contribution in [2.45, 2.75) is 19.1 Å². The number of hydrogen-bond acceptors (Lipinski definition) is 5. The van der Waals surface area contributed by atoms with Crippen molar-refractivity contribution in [3.8, 4) is 0 Å². The molecular formula is C18H17NO5. The van der Waals surface area contributed by atoms with Crippen molar-refractivity contribution in [1.29, 1.82) is 0 Å². The van der Waals surface area contributed by atoms with Gasteiger partial charge in [-0.05, 0) is 17.5 Å². The second kappa shape index (κ2) is 8.03. The van der Waals surface area contributed by atoms with Crippen LogP contribution >= 0.6 is 0 Å². The molecule has 124 valence electrons. The molecule has 0 bridgehead atoms. The van der Waals surface area contributed by atoms with Crippen molar-refractivity contribution in [2.75, 3.05) is 0 Å². The van der Waals surface area contributed by atoms with Crippen LogP contribution in [0.2, 0.25) is 0 Å². The lowest BCUT2D eigenvalue weighted by Crippen LogP contribution is -2.32. The van der Waals surface area contributed by atoms with Gasteiger partial charge in [-0.3, -0.25) is 9.59 Å². The number of carbonyl (C=O) groups excluding carboxylic acids is 2. The molecule has 0 fully saturated rings. The highest BCUT2D eigenvalue weighted by atomic mass is 16.5. The molecule has 0 saturated carbocycles. The third kappa shape index (κ3) is 4.76. The molecule has 2 aromatic carbocycles. The van der Waals surface area contributed by atoms with E-state index in [2.05, 4.69) is 0 Å². The molecule has 0 unspecified atom stereocenters. The predicted molar refractivity (Wildman–Crippen MR) is 86.3 cm³/mol. The first-order valence-electron chi connectivity index (χ1n) is 7.30. The van der Waals surface area contributed by atoms with E-state index >= 15 is 0 Å². The topological polar surface area (TPSA) is 107 Å². The molecule has 24 heavy (non-hydrogen) atoms. The summed E-state index contributed by atoms with van der Waals surface area (Å²) in [6.07, 6.45) is 0.141. The second-order valence-corrected chi connectivity index (χ2v) is 5.24. The summed E-state index contributed by atoms with van der Waals surface area (Å²) >= 11 is 0. The van der Waals surface area contributed by atoms with E-state index in [9.17, 15) is 14.4 Å². The molecule has 0 saturated heterocycles. The Kier molecular flexibility index (Phi) is 5.81. The molecule has 0 spiro atoms. The first-order chi connectivity index (χ1) is 11.5. The fraction of sp³-hybridized carbons (Fsp3) is 0.167. The van der Waals surface area contributed by atoms with Crippen molar-refractivity contribution in [1.82, 2.24) is 0 Å². The highest BCUT2D eigenvalue weighted by molar-refractivity contribution is 6.40. The van der Waals surface area contributed by atoms with Crippen LogP contribution in [-0.2, 0) is 27.4 Å². The average molecular weight is 327 g/mol. The number of hydrogen-bond donors (Lipinski definition) is 2. The van der Waals surface area contributed by atoms with Crippen molar-refractivity contribution < 1.29 is 24.2 Å². The van der Waals surface area contributed by atoms with Gasteiger partial charge >= 0.3 is 11.9 Å². The van der Waals surface area contributed by atoms with Gasteiger partial charge in [0.05, 0.1) is 0 Å². The minimum absolute atomic E-state index is 0.0248. The van der Waals surface area contributed by atoms with Gasteiger partial charge in [0.15, 0.2) is 0 Å². The lowest BCUT2D eigenvalue weighted by Gasteiger charge is -2.07. The van der Waals surface area contributed by atoms with Gasteiger partial charge in [0.25, 0.3) is 5.78 Å². The Labute approximate surface area is 138 Å². The number of carboxylic acid groups (broad SMARTS) is 1. The minimum atomic E-state index is -1.10. The molecule has 0 aliphatic rings. The molecule has 6 heteroatoms. The number of carboxylic acids is 1. The molecule has 0 aliphatic heterocycles. The molecule has 3 N–H and O–H groups in total.